The van der Waals surface area contributed by atoms with Crippen LogP contribution in [0.25, 0.3) is 47.7 Å². The van der Waals surface area contributed by atoms with Gasteiger partial charge in [-0.3, -0.25) is 0 Å². The maximum Gasteiger partial charge on any atom is 0.103 e. The van der Waals surface area contributed by atoms with Crippen LogP contribution in [-0.4, -0.2) is 4.57 Å². The van der Waals surface area contributed by atoms with Crippen molar-refractivity contribution < 1.29 is 0 Å². The first-order valence-electron chi connectivity index (χ1n) is 11.8. The summed E-state index contributed by atoms with van der Waals surface area (Å²) in [6.45, 7) is 0. The molecule has 35 heavy (non-hydrogen) atoms. The number of fused-ring (bicyclic) bond motifs is 8. The van der Waals surface area contributed by atoms with Gasteiger partial charge in [0.05, 0.1) is 11.0 Å². The summed E-state index contributed by atoms with van der Waals surface area (Å²) in [6, 6.07) is 39.5. The summed E-state index contributed by atoms with van der Waals surface area (Å²) in [6.07, 6.45) is 0. The van der Waals surface area contributed by atoms with Crippen LogP contribution in [0.1, 0.15) is 10.9 Å². The molecule has 0 saturated carbocycles. The Hall–Kier alpha value is -3.73. The molecule has 7 aromatic rings. The van der Waals surface area contributed by atoms with Crippen molar-refractivity contribution in [3.8, 4) is 5.69 Å². The van der Waals surface area contributed by atoms with Crippen molar-refractivity contribution in [1.82, 2.24) is 4.57 Å². The van der Waals surface area contributed by atoms with Crippen molar-refractivity contribution in [2.75, 3.05) is 5.32 Å². The Labute approximate surface area is 210 Å². The highest BCUT2D eigenvalue weighted by atomic mass is 32.2. The molecular weight excluding hydrogens is 464 g/mol. The Morgan fingerprint density at radius 2 is 1.37 bits per heavy atom. The smallest absolute Gasteiger partial charge is 0.103 e. The van der Waals surface area contributed by atoms with Gasteiger partial charge in [-0.15, -0.1) is 11.3 Å². The minimum absolute atomic E-state index is 0.160. The summed E-state index contributed by atoms with van der Waals surface area (Å²) in [4.78, 5) is 1.37. The van der Waals surface area contributed by atoms with Gasteiger partial charge in [-0.05, 0) is 48.0 Å². The van der Waals surface area contributed by atoms with Crippen LogP contribution in [0.4, 0.5) is 5.69 Å². The van der Waals surface area contributed by atoms with Crippen molar-refractivity contribution in [2.24, 2.45) is 0 Å². The molecule has 2 nitrogen and oxygen atoms in total. The lowest BCUT2D eigenvalue weighted by atomic mass is 10.1. The molecule has 3 heterocycles. The minimum Gasteiger partial charge on any atom is -0.368 e. The van der Waals surface area contributed by atoms with Crippen LogP contribution in [-0.2, 0) is 0 Å². The SMILES string of the molecule is c1ccc(-n2c3ccccc3c3c(C4Nc5ccc6sc7ccccc7c6c5S4)cccc32)cc1. The summed E-state index contributed by atoms with van der Waals surface area (Å²) in [5.74, 6) is 0. The monoisotopic (exact) mass is 484 g/mol. The molecule has 0 fully saturated rings. The average Bonchev–Trinajstić information content (AvgIpc) is 3.60. The van der Waals surface area contributed by atoms with Gasteiger partial charge in [0, 0.05) is 47.2 Å². The normalized spacial score (nSPS) is 15.3. The van der Waals surface area contributed by atoms with Gasteiger partial charge in [0.25, 0.3) is 0 Å². The number of benzene rings is 5. The largest absolute Gasteiger partial charge is 0.368 e. The molecule has 0 amide bonds. The molecule has 0 radical (unpaired) electrons. The van der Waals surface area contributed by atoms with E-state index >= 15 is 0 Å². The van der Waals surface area contributed by atoms with Crippen LogP contribution in [0.2, 0.25) is 0 Å². The second kappa shape index (κ2) is 7.38. The number of aromatic nitrogens is 1. The molecule has 0 saturated heterocycles. The number of anilines is 1. The molecule has 4 heteroatoms. The molecule has 2 aromatic heterocycles. The summed E-state index contributed by atoms with van der Waals surface area (Å²) in [5, 5.41) is 9.40. The zero-order chi connectivity index (χ0) is 22.9. The van der Waals surface area contributed by atoms with E-state index in [1.165, 1.54) is 63.8 Å². The van der Waals surface area contributed by atoms with Crippen LogP contribution in [0.5, 0.6) is 0 Å². The first kappa shape index (κ1) is 19.6. The third kappa shape index (κ3) is 2.78. The Kier molecular flexibility index (Phi) is 4.13. The van der Waals surface area contributed by atoms with E-state index in [9.17, 15) is 0 Å². The predicted octanol–water partition coefficient (Wildman–Crippen LogP) is 9.37. The molecule has 1 atom stereocenters. The fraction of sp³-hybridized carbons (Fsp3) is 0.0323. The molecule has 1 aliphatic rings. The number of hydrogen-bond acceptors (Lipinski definition) is 3. The molecule has 1 aliphatic heterocycles. The van der Waals surface area contributed by atoms with Gasteiger partial charge < -0.3 is 9.88 Å². The standard InChI is InChI=1S/C31H20N2S2/c1-2-9-19(10-3-1)33-24-14-6-4-11-20(24)28-22(13-8-15-25(28)33)31-32-23-17-18-27-29(30(23)35-31)21-12-5-7-16-26(21)34-27/h1-18,31-32H. The van der Waals surface area contributed by atoms with E-state index in [1.807, 2.05) is 23.1 Å². The second-order valence-corrected chi connectivity index (χ2v) is 11.2. The first-order valence-corrected chi connectivity index (χ1v) is 13.5. The van der Waals surface area contributed by atoms with Crippen molar-refractivity contribution in [2.45, 2.75) is 10.3 Å². The molecule has 0 bridgehead atoms. The molecule has 0 spiro atoms. The van der Waals surface area contributed by atoms with Gasteiger partial charge in [0.1, 0.15) is 5.37 Å². The Bertz CT molecular complexity index is 1910. The Morgan fingerprint density at radius 1 is 0.600 bits per heavy atom. The summed E-state index contributed by atoms with van der Waals surface area (Å²) in [7, 11) is 0. The molecule has 166 valence electrons. The lowest BCUT2D eigenvalue weighted by molar-refractivity contribution is 1.15. The van der Waals surface area contributed by atoms with Crippen LogP contribution in [0.3, 0.4) is 0 Å². The number of nitrogens with zero attached hydrogens (tertiary/aromatic N) is 1. The lowest BCUT2D eigenvalue weighted by Crippen LogP contribution is -2.02. The maximum absolute atomic E-state index is 3.86. The number of para-hydroxylation sites is 2. The number of nitrogens with one attached hydrogen (secondary N) is 1. The van der Waals surface area contributed by atoms with Crippen molar-refractivity contribution >= 4 is 70.8 Å². The van der Waals surface area contributed by atoms with Gasteiger partial charge in [0.15, 0.2) is 0 Å². The quantitative estimate of drug-likeness (QED) is 0.263. The lowest BCUT2D eigenvalue weighted by Gasteiger charge is -2.13. The molecular formula is C31H20N2S2. The molecule has 1 unspecified atom stereocenters. The summed E-state index contributed by atoms with van der Waals surface area (Å²) in [5.41, 5.74) is 6.26. The Balaban J connectivity index is 1.35. The van der Waals surface area contributed by atoms with E-state index in [-0.39, 0.29) is 5.37 Å². The van der Waals surface area contributed by atoms with Crippen molar-refractivity contribution in [1.29, 1.82) is 0 Å². The van der Waals surface area contributed by atoms with E-state index < -0.39 is 0 Å². The number of thiophene rings is 1. The van der Waals surface area contributed by atoms with Crippen LogP contribution < -0.4 is 5.32 Å². The van der Waals surface area contributed by atoms with Gasteiger partial charge in [-0.1, -0.05) is 78.5 Å². The maximum atomic E-state index is 3.86. The second-order valence-electron chi connectivity index (χ2n) is 8.99. The fourth-order valence-electron chi connectivity index (χ4n) is 5.57. The topological polar surface area (TPSA) is 17.0 Å². The zero-order valence-corrected chi connectivity index (χ0v) is 20.4. The van der Waals surface area contributed by atoms with Crippen molar-refractivity contribution in [3.63, 3.8) is 0 Å². The highest BCUT2D eigenvalue weighted by Crippen LogP contribution is 2.54. The minimum atomic E-state index is 0.160. The first-order chi connectivity index (χ1) is 17.4. The van der Waals surface area contributed by atoms with Crippen LogP contribution in [0, 0.1) is 0 Å². The van der Waals surface area contributed by atoms with Crippen LogP contribution in [0.15, 0.2) is 114 Å². The number of rotatable bonds is 2. The van der Waals surface area contributed by atoms with Crippen LogP contribution >= 0.6 is 23.1 Å². The summed E-state index contributed by atoms with van der Waals surface area (Å²) >= 11 is 3.84. The number of thioether (sulfide) groups is 1. The van der Waals surface area contributed by atoms with Gasteiger partial charge in [-0.2, -0.15) is 0 Å². The molecule has 0 aliphatic carbocycles. The predicted molar refractivity (Wildman–Crippen MR) is 152 cm³/mol. The van der Waals surface area contributed by atoms with E-state index in [4.69, 9.17) is 0 Å². The Morgan fingerprint density at radius 3 is 2.29 bits per heavy atom. The number of hydrogen-bond donors (Lipinski definition) is 1. The van der Waals surface area contributed by atoms with E-state index in [0.29, 0.717) is 0 Å². The average molecular weight is 485 g/mol. The van der Waals surface area contributed by atoms with E-state index in [0.717, 1.165) is 0 Å². The van der Waals surface area contributed by atoms with Gasteiger partial charge in [-0.25, -0.2) is 0 Å². The van der Waals surface area contributed by atoms with Crippen molar-refractivity contribution in [3.05, 3.63) is 115 Å². The van der Waals surface area contributed by atoms with E-state index in [1.54, 1.807) is 0 Å². The third-order valence-corrected chi connectivity index (χ3v) is 9.45. The summed E-state index contributed by atoms with van der Waals surface area (Å²) < 4.78 is 5.11. The fourth-order valence-corrected chi connectivity index (χ4v) is 8.09. The van der Waals surface area contributed by atoms with E-state index in [2.05, 4.69) is 119 Å². The molecule has 8 rings (SSSR count). The van der Waals surface area contributed by atoms with Gasteiger partial charge in [0.2, 0.25) is 0 Å². The highest BCUT2D eigenvalue weighted by Gasteiger charge is 2.29. The highest BCUT2D eigenvalue weighted by molar-refractivity contribution is 8.00. The molecule has 5 aromatic carbocycles. The third-order valence-electron chi connectivity index (χ3n) is 7.04. The molecule has 1 N–H and O–H groups in total. The zero-order valence-electron chi connectivity index (χ0n) is 18.7. The van der Waals surface area contributed by atoms with Gasteiger partial charge >= 0.3 is 0 Å².